The molecular formula is C49H60O12. The third-order valence-electron chi connectivity index (χ3n) is 17.9. The number of aliphatic hydroxyl groups is 4. The third-order valence-corrected chi connectivity index (χ3v) is 17.9. The molecule has 12 nitrogen and oxygen atoms in total. The Hall–Kier alpha value is -3.36. The summed E-state index contributed by atoms with van der Waals surface area (Å²) < 4.78 is 26.9. The molecule has 12 heteroatoms. The zero-order valence-corrected chi connectivity index (χ0v) is 35.2. The van der Waals surface area contributed by atoms with Crippen LogP contribution >= 0.6 is 0 Å². The van der Waals surface area contributed by atoms with E-state index >= 15 is 0 Å². The number of aryl methyl sites for hydroxylation is 1. The molecule has 0 radical (unpaired) electrons. The highest BCUT2D eigenvalue weighted by Gasteiger charge is 2.69. The molecule has 61 heavy (non-hydrogen) atoms. The molecule has 0 aromatic heterocycles. The second-order valence-corrected chi connectivity index (χ2v) is 21.0. The van der Waals surface area contributed by atoms with Crippen LogP contribution in [0.5, 0.6) is 11.5 Å². The Balaban J connectivity index is 1.00. The quantitative estimate of drug-likeness (QED) is 0.179. The smallest absolute Gasteiger partial charge is 0.335 e. The highest BCUT2D eigenvalue weighted by atomic mass is 16.7. The van der Waals surface area contributed by atoms with Crippen LogP contribution in [0.1, 0.15) is 123 Å². The van der Waals surface area contributed by atoms with Gasteiger partial charge in [0.15, 0.2) is 5.78 Å². The summed E-state index contributed by atoms with van der Waals surface area (Å²) in [6.45, 7) is 4.31. The number of ketones is 1. The lowest BCUT2D eigenvalue weighted by Gasteiger charge is -2.64. The van der Waals surface area contributed by atoms with E-state index in [0.717, 1.165) is 12.8 Å². The maximum atomic E-state index is 12.7. The van der Waals surface area contributed by atoms with E-state index in [9.17, 15) is 40.2 Å². The van der Waals surface area contributed by atoms with Gasteiger partial charge >= 0.3 is 5.97 Å². The van der Waals surface area contributed by atoms with Crippen molar-refractivity contribution in [3.05, 3.63) is 57.7 Å². The molecule has 9 aliphatic rings. The van der Waals surface area contributed by atoms with Crippen LogP contribution in [0.15, 0.2) is 41.0 Å². The van der Waals surface area contributed by atoms with E-state index in [1.165, 1.54) is 80.7 Å². The number of hydrogen-bond donors (Lipinski definition) is 6. The molecule has 3 spiro atoms. The van der Waals surface area contributed by atoms with E-state index in [1.54, 1.807) is 13.0 Å². The lowest BCUT2D eigenvalue weighted by molar-refractivity contribution is -0.336. The lowest BCUT2D eigenvalue weighted by Crippen LogP contribution is -2.71. The molecule has 11 rings (SSSR count). The van der Waals surface area contributed by atoms with Crippen molar-refractivity contribution < 1.29 is 59.2 Å². The Morgan fingerprint density at radius 1 is 0.984 bits per heavy atom. The van der Waals surface area contributed by atoms with Gasteiger partial charge in [0.25, 0.3) is 0 Å². The van der Waals surface area contributed by atoms with Crippen molar-refractivity contribution >= 4 is 22.5 Å². The maximum absolute atomic E-state index is 12.7. The zero-order valence-electron chi connectivity index (χ0n) is 35.2. The molecule has 5 aliphatic carbocycles. The summed E-state index contributed by atoms with van der Waals surface area (Å²) in [6, 6.07) is 4.19. The lowest BCUT2D eigenvalue weighted by atomic mass is 9.42. The largest absolute Gasteiger partial charge is 0.506 e. The van der Waals surface area contributed by atoms with Gasteiger partial charge in [0.2, 0.25) is 6.29 Å². The van der Waals surface area contributed by atoms with Crippen molar-refractivity contribution in [2.24, 2.45) is 39.9 Å². The van der Waals surface area contributed by atoms with Crippen molar-refractivity contribution in [3.63, 3.8) is 0 Å². The van der Waals surface area contributed by atoms with Crippen LogP contribution in [0.4, 0.5) is 0 Å². The Labute approximate surface area is 355 Å². The number of fused-ring (bicyclic) bond motifs is 5. The van der Waals surface area contributed by atoms with Gasteiger partial charge < -0.3 is 49.6 Å². The van der Waals surface area contributed by atoms with Gasteiger partial charge in [0.1, 0.15) is 35.4 Å². The summed E-state index contributed by atoms with van der Waals surface area (Å²) in [5, 5.41) is 69.8. The predicted octanol–water partition coefficient (Wildman–Crippen LogP) is 6.29. The highest BCUT2D eigenvalue weighted by molar-refractivity contribution is 6.08. The Morgan fingerprint density at radius 3 is 2.52 bits per heavy atom. The summed E-state index contributed by atoms with van der Waals surface area (Å²) in [4.78, 5) is 25.0. The molecule has 328 valence electrons. The van der Waals surface area contributed by atoms with Gasteiger partial charge in [-0.25, -0.2) is 4.79 Å². The molecular weight excluding hydrogens is 781 g/mol. The third kappa shape index (κ3) is 5.74. The number of carboxylic acids is 1. The molecule has 13 atom stereocenters. The standard InChI is InChI=1S/C49H60O12/c1-24-15-26-16-27(44(56)57)17-35(37(26)40(53)36(24)25(2)51)59-45-41(54)42(55)49-20-30-31-19-47(12-11-46(22-47)9-3-4-10-46)18-28-21-58-23-48(13-14-50,39(28)31)32-6-5-29(38(30)32)34(61-49)8-7-33(52)43(49)60-45/h6,15-17,28,30-31,33-34,39,41-43,45,50,52-55H,3-5,7-14,18-23H2,1-2H3,(H,56,57). The number of Topliss-reactive ketones (excluding diaryl/α,β-unsaturated/α-hetero) is 1. The normalized spacial score (nSPS) is 41.8. The van der Waals surface area contributed by atoms with Crippen molar-refractivity contribution in [1.82, 2.24) is 0 Å². The monoisotopic (exact) mass is 840 g/mol. The van der Waals surface area contributed by atoms with Crippen LogP contribution in [0.2, 0.25) is 0 Å². The van der Waals surface area contributed by atoms with Crippen LogP contribution < -0.4 is 4.74 Å². The van der Waals surface area contributed by atoms with Crippen LogP contribution in [0.25, 0.3) is 10.8 Å². The first-order valence-corrected chi connectivity index (χ1v) is 22.9. The van der Waals surface area contributed by atoms with Gasteiger partial charge in [-0.1, -0.05) is 25.0 Å². The van der Waals surface area contributed by atoms with Crippen LogP contribution in [0.3, 0.4) is 0 Å². The van der Waals surface area contributed by atoms with E-state index in [4.69, 9.17) is 18.9 Å². The maximum Gasteiger partial charge on any atom is 0.335 e. The second-order valence-electron chi connectivity index (χ2n) is 21.0. The summed E-state index contributed by atoms with van der Waals surface area (Å²) in [5.74, 6) is -1.46. The van der Waals surface area contributed by atoms with Gasteiger partial charge in [0, 0.05) is 18.6 Å². The van der Waals surface area contributed by atoms with Gasteiger partial charge in [0.05, 0.1) is 35.3 Å². The molecule has 13 unspecified atom stereocenters. The number of carboxylic acid groups (broad SMARTS) is 1. The first-order valence-electron chi connectivity index (χ1n) is 22.9. The van der Waals surface area contributed by atoms with E-state index < -0.39 is 59.9 Å². The minimum absolute atomic E-state index is 0.0540. The van der Waals surface area contributed by atoms with Crippen LogP contribution in [-0.4, -0.2) is 105 Å². The molecule has 0 amide bonds. The van der Waals surface area contributed by atoms with Gasteiger partial charge in [-0.2, -0.15) is 0 Å². The molecule has 2 bridgehead atoms. The number of aliphatic hydroxyl groups excluding tert-OH is 4. The number of carbonyl (C=O) groups is 2. The SMILES string of the molecule is CC(=O)c1c(C)cc2cc(C(=O)O)cc(OC3OC4C(O)CCC5OC4(CC4C6=C5CC=C6C5(CCO)COCC6CC7(CCC8(CCCC8)C7)CC4C65)C(O)C3O)c2c1O. The van der Waals surface area contributed by atoms with Crippen molar-refractivity contribution in [2.75, 3.05) is 19.8 Å². The number of allylic oxidation sites excluding steroid dienone is 2. The van der Waals surface area contributed by atoms with Crippen LogP contribution in [-0.2, 0) is 14.2 Å². The number of ether oxygens (including phenoxy) is 4. The fraction of sp³-hybridized carbons (Fsp3) is 0.673. The first kappa shape index (κ1) is 40.4. The van der Waals surface area contributed by atoms with E-state index in [0.29, 0.717) is 67.6 Å². The van der Waals surface area contributed by atoms with Gasteiger partial charge in [-0.15, -0.1) is 0 Å². The number of carbonyl (C=O) groups excluding carboxylic acids is 1. The number of phenols is 1. The summed E-state index contributed by atoms with van der Waals surface area (Å²) in [7, 11) is 0. The molecule has 2 aromatic carbocycles. The molecule has 7 fully saturated rings. The van der Waals surface area contributed by atoms with Crippen molar-refractivity contribution in [3.8, 4) is 11.5 Å². The minimum Gasteiger partial charge on any atom is -0.506 e. The molecule has 2 aromatic rings. The molecule has 6 N–H and O–H groups in total. The zero-order chi connectivity index (χ0) is 42.4. The number of rotatable bonds is 6. The van der Waals surface area contributed by atoms with Crippen molar-refractivity contribution in [1.29, 1.82) is 0 Å². The molecule has 4 aliphatic heterocycles. The van der Waals surface area contributed by atoms with Gasteiger partial charge in [-0.05, 0) is 165 Å². The Bertz CT molecular complexity index is 2250. The fourth-order valence-electron chi connectivity index (χ4n) is 15.8. The van der Waals surface area contributed by atoms with E-state index in [-0.39, 0.29) is 57.5 Å². The molecule has 4 saturated carbocycles. The minimum atomic E-state index is -1.71. The fourth-order valence-corrected chi connectivity index (χ4v) is 15.8. The first-order chi connectivity index (χ1) is 29.2. The average molecular weight is 841 g/mol. The number of phenolic OH excluding ortho intramolecular Hbond substituents is 1. The average Bonchev–Trinajstić information content (AvgIpc) is 3.92. The summed E-state index contributed by atoms with van der Waals surface area (Å²) >= 11 is 0. The Kier molecular flexibility index (Phi) is 9.32. The Morgan fingerprint density at radius 2 is 1.77 bits per heavy atom. The molecule has 3 saturated heterocycles. The topological polar surface area (TPSA) is 192 Å². The summed E-state index contributed by atoms with van der Waals surface area (Å²) in [5.41, 5.74) is 2.82. The second kappa shape index (κ2) is 14.1. The van der Waals surface area contributed by atoms with Crippen LogP contribution in [0, 0.1) is 46.8 Å². The number of aromatic carboxylic acids is 1. The van der Waals surface area contributed by atoms with E-state index in [1.807, 2.05) is 0 Å². The van der Waals surface area contributed by atoms with Crippen molar-refractivity contribution in [2.45, 2.75) is 146 Å². The predicted molar refractivity (Wildman–Crippen MR) is 221 cm³/mol. The number of benzene rings is 2. The summed E-state index contributed by atoms with van der Waals surface area (Å²) in [6.07, 6.45) is 8.29. The highest BCUT2D eigenvalue weighted by Crippen LogP contribution is 2.73. The number of aromatic hydroxyl groups is 1. The number of hydrogen-bond acceptors (Lipinski definition) is 11. The van der Waals surface area contributed by atoms with Gasteiger partial charge in [-0.3, -0.25) is 4.79 Å². The van der Waals surface area contributed by atoms with E-state index in [2.05, 4.69) is 6.08 Å². The molecule has 4 heterocycles.